The highest BCUT2D eigenvalue weighted by atomic mass is 19.1. The molecule has 0 aliphatic heterocycles. The Kier molecular flexibility index (Phi) is 1.84. The Morgan fingerprint density at radius 2 is 2.25 bits per heavy atom. The molecule has 0 aromatic heterocycles. The number of hydrogen-bond donors (Lipinski definition) is 1. The Morgan fingerprint density at radius 3 is 2.38 bits per heavy atom. The van der Waals surface area contributed by atoms with Crippen molar-refractivity contribution in [1.82, 2.24) is 0 Å². The zero-order valence-corrected chi connectivity index (χ0v) is 4.94. The molecule has 2 atom stereocenters. The van der Waals surface area contributed by atoms with Crippen LogP contribution in [-0.4, -0.2) is 12.7 Å². The summed E-state index contributed by atoms with van der Waals surface area (Å²) in [4.78, 5) is 0. The molecule has 0 radical (unpaired) electrons. The van der Waals surface area contributed by atoms with Crippen LogP contribution in [0, 0.1) is 5.92 Å². The van der Waals surface area contributed by atoms with Crippen molar-refractivity contribution in [3.8, 4) is 0 Å². The predicted molar refractivity (Wildman–Crippen MR) is 31.3 cm³/mol. The predicted octanol–water partition coefficient (Wildman–Crippen LogP) is 1.08. The Bertz CT molecular complexity index is 74.9. The van der Waals surface area contributed by atoms with Gasteiger partial charge >= 0.3 is 0 Å². The fraction of sp³-hybridized carbons (Fsp3) is 1.00. The van der Waals surface area contributed by atoms with Crippen molar-refractivity contribution in [3.05, 3.63) is 0 Å². The fourth-order valence-corrected chi connectivity index (χ4v) is 1.09. The maximum atomic E-state index is 11.6. The maximum absolute atomic E-state index is 11.6. The smallest absolute Gasteiger partial charge is 0.0897 e. The average Bonchev–Trinajstić information content (AvgIpc) is 1.79. The third-order valence-corrected chi connectivity index (χ3v) is 1.96. The molecule has 0 aromatic rings. The summed E-state index contributed by atoms with van der Waals surface area (Å²) in [6.45, 7) is -0.196. The van der Waals surface area contributed by atoms with Gasteiger partial charge in [-0.25, -0.2) is 0 Å². The van der Waals surface area contributed by atoms with Gasteiger partial charge in [0.05, 0.1) is 6.67 Å². The van der Waals surface area contributed by atoms with Gasteiger partial charge < -0.3 is 5.73 Å². The number of nitrogens with two attached hydrogens (primary N) is 1. The van der Waals surface area contributed by atoms with Crippen LogP contribution in [0.1, 0.15) is 19.3 Å². The van der Waals surface area contributed by atoms with Gasteiger partial charge in [0.2, 0.25) is 0 Å². The van der Waals surface area contributed by atoms with Crippen LogP contribution in [0.5, 0.6) is 0 Å². The number of hydrogen-bond acceptors (Lipinski definition) is 1. The SMILES string of the molecule is NC1CCC1CCF. The molecule has 2 heteroatoms. The molecule has 0 amide bonds. The molecule has 1 fully saturated rings. The van der Waals surface area contributed by atoms with Crippen molar-refractivity contribution in [2.45, 2.75) is 25.3 Å². The molecule has 1 aliphatic rings. The van der Waals surface area contributed by atoms with Crippen LogP contribution in [0.2, 0.25) is 0 Å². The summed E-state index contributed by atoms with van der Waals surface area (Å²) < 4.78 is 11.6. The quantitative estimate of drug-likeness (QED) is 0.575. The normalized spacial score (nSPS) is 36.8. The standard InChI is InChI=1S/C6H12FN/c7-4-3-5-1-2-6(5)8/h5-6H,1-4,8H2. The van der Waals surface area contributed by atoms with E-state index in [1.807, 2.05) is 0 Å². The molecule has 0 aromatic carbocycles. The molecule has 0 bridgehead atoms. The van der Waals surface area contributed by atoms with E-state index < -0.39 is 0 Å². The van der Waals surface area contributed by atoms with Crippen LogP contribution >= 0.6 is 0 Å². The molecule has 1 saturated carbocycles. The summed E-state index contributed by atoms with van der Waals surface area (Å²) in [6.07, 6.45) is 2.93. The van der Waals surface area contributed by atoms with Crippen molar-refractivity contribution in [2.75, 3.05) is 6.67 Å². The number of rotatable bonds is 2. The molecule has 1 aliphatic carbocycles. The summed E-state index contributed by atoms with van der Waals surface area (Å²) in [5, 5.41) is 0. The monoisotopic (exact) mass is 117 g/mol. The number of halogens is 1. The summed E-state index contributed by atoms with van der Waals surface area (Å²) >= 11 is 0. The molecule has 48 valence electrons. The molecular formula is C6H12FN. The topological polar surface area (TPSA) is 26.0 Å². The minimum absolute atomic E-state index is 0.196. The van der Waals surface area contributed by atoms with E-state index in [-0.39, 0.29) is 6.67 Å². The molecule has 0 spiro atoms. The highest BCUT2D eigenvalue weighted by Gasteiger charge is 2.26. The zero-order chi connectivity index (χ0) is 5.98. The Balaban J connectivity index is 2.08. The van der Waals surface area contributed by atoms with Crippen molar-refractivity contribution >= 4 is 0 Å². The first-order valence-corrected chi connectivity index (χ1v) is 3.16. The van der Waals surface area contributed by atoms with Crippen LogP contribution in [0.15, 0.2) is 0 Å². The van der Waals surface area contributed by atoms with E-state index in [4.69, 9.17) is 5.73 Å². The van der Waals surface area contributed by atoms with Gasteiger partial charge in [0.1, 0.15) is 0 Å². The Labute approximate surface area is 49.1 Å². The van der Waals surface area contributed by atoms with E-state index in [1.165, 1.54) is 0 Å². The molecule has 8 heavy (non-hydrogen) atoms. The average molecular weight is 117 g/mol. The van der Waals surface area contributed by atoms with E-state index in [0.717, 1.165) is 12.8 Å². The van der Waals surface area contributed by atoms with Gasteiger partial charge in [-0.05, 0) is 25.2 Å². The van der Waals surface area contributed by atoms with E-state index in [2.05, 4.69) is 0 Å². The highest BCUT2D eigenvalue weighted by Crippen LogP contribution is 2.28. The number of alkyl halides is 1. The van der Waals surface area contributed by atoms with Gasteiger partial charge in [0.15, 0.2) is 0 Å². The lowest BCUT2D eigenvalue weighted by molar-refractivity contribution is 0.221. The summed E-state index contributed by atoms with van der Waals surface area (Å²) in [6, 6.07) is 0.311. The molecule has 0 heterocycles. The second-order valence-corrected chi connectivity index (χ2v) is 2.48. The van der Waals surface area contributed by atoms with Gasteiger partial charge in [-0.3, -0.25) is 4.39 Å². The highest BCUT2D eigenvalue weighted by molar-refractivity contribution is 4.82. The van der Waals surface area contributed by atoms with Gasteiger partial charge in [-0.15, -0.1) is 0 Å². The molecule has 0 saturated heterocycles. The first-order valence-electron chi connectivity index (χ1n) is 3.16. The second kappa shape index (κ2) is 2.44. The van der Waals surface area contributed by atoms with Gasteiger partial charge in [-0.1, -0.05) is 0 Å². The van der Waals surface area contributed by atoms with E-state index >= 15 is 0 Å². The lowest BCUT2D eigenvalue weighted by atomic mass is 9.78. The third-order valence-electron chi connectivity index (χ3n) is 1.96. The minimum atomic E-state index is -0.196. The summed E-state index contributed by atoms with van der Waals surface area (Å²) in [5.41, 5.74) is 5.54. The molecular weight excluding hydrogens is 105 g/mol. The van der Waals surface area contributed by atoms with Crippen molar-refractivity contribution in [3.63, 3.8) is 0 Å². The van der Waals surface area contributed by atoms with Crippen LogP contribution in [0.3, 0.4) is 0 Å². The van der Waals surface area contributed by atoms with Crippen molar-refractivity contribution in [1.29, 1.82) is 0 Å². The lowest BCUT2D eigenvalue weighted by Gasteiger charge is -2.32. The summed E-state index contributed by atoms with van der Waals surface area (Å²) in [7, 11) is 0. The zero-order valence-electron chi connectivity index (χ0n) is 4.94. The van der Waals surface area contributed by atoms with E-state index in [0.29, 0.717) is 18.4 Å². The van der Waals surface area contributed by atoms with Crippen LogP contribution in [0.4, 0.5) is 4.39 Å². The summed E-state index contributed by atoms with van der Waals surface area (Å²) in [5.74, 6) is 0.500. The van der Waals surface area contributed by atoms with Crippen LogP contribution in [-0.2, 0) is 0 Å². The Hall–Kier alpha value is -0.110. The van der Waals surface area contributed by atoms with E-state index in [9.17, 15) is 4.39 Å². The molecule has 2 N–H and O–H groups in total. The van der Waals surface area contributed by atoms with E-state index in [1.54, 1.807) is 0 Å². The first-order chi connectivity index (χ1) is 3.84. The van der Waals surface area contributed by atoms with Crippen LogP contribution < -0.4 is 5.73 Å². The fourth-order valence-electron chi connectivity index (χ4n) is 1.09. The largest absolute Gasteiger partial charge is 0.327 e. The molecule has 2 unspecified atom stereocenters. The lowest BCUT2D eigenvalue weighted by Crippen LogP contribution is -2.39. The van der Waals surface area contributed by atoms with Gasteiger partial charge in [0, 0.05) is 6.04 Å². The first kappa shape index (κ1) is 6.02. The van der Waals surface area contributed by atoms with Crippen molar-refractivity contribution in [2.24, 2.45) is 11.7 Å². The van der Waals surface area contributed by atoms with Crippen molar-refractivity contribution < 1.29 is 4.39 Å². The van der Waals surface area contributed by atoms with Gasteiger partial charge in [-0.2, -0.15) is 0 Å². The van der Waals surface area contributed by atoms with Gasteiger partial charge in [0.25, 0.3) is 0 Å². The Morgan fingerprint density at radius 1 is 1.50 bits per heavy atom. The second-order valence-electron chi connectivity index (χ2n) is 2.48. The minimum Gasteiger partial charge on any atom is -0.327 e. The molecule has 1 nitrogen and oxygen atoms in total. The molecule has 1 rings (SSSR count). The third kappa shape index (κ3) is 0.996. The van der Waals surface area contributed by atoms with Crippen LogP contribution in [0.25, 0.3) is 0 Å². The maximum Gasteiger partial charge on any atom is 0.0897 e.